The van der Waals surface area contributed by atoms with Gasteiger partial charge in [-0.3, -0.25) is 0 Å². The largest absolute Gasteiger partial charge is 0.493 e. The van der Waals surface area contributed by atoms with Crippen LogP contribution in [0.1, 0.15) is 18.4 Å². The van der Waals surface area contributed by atoms with E-state index in [9.17, 15) is 0 Å². The maximum Gasteiger partial charge on any atom is 0.161 e. The Kier molecular flexibility index (Phi) is 5.16. The van der Waals surface area contributed by atoms with Gasteiger partial charge in [0.2, 0.25) is 0 Å². The van der Waals surface area contributed by atoms with Crippen molar-refractivity contribution in [3.8, 4) is 11.5 Å². The lowest BCUT2D eigenvalue weighted by Crippen LogP contribution is -2.25. The van der Waals surface area contributed by atoms with Crippen LogP contribution in [0.3, 0.4) is 0 Å². The molecule has 0 spiro atoms. The van der Waals surface area contributed by atoms with Gasteiger partial charge in [0.1, 0.15) is 0 Å². The van der Waals surface area contributed by atoms with Gasteiger partial charge in [-0.05, 0) is 36.8 Å². The standard InChI is InChI=1S/C15H21NO2S/c1-17-13-8-11(10-16-12-6-4-5-7-12)15(19-3)9-14(13)18-2/h4-5,8-9,12,16H,6-7,10H2,1-3H3. The third-order valence-corrected chi connectivity index (χ3v) is 4.20. The summed E-state index contributed by atoms with van der Waals surface area (Å²) in [5, 5.41) is 3.59. The number of benzene rings is 1. The van der Waals surface area contributed by atoms with Crippen LogP contribution in [0, 0.1) is 0 Å². The molecule has 0 saturated carbocycles. The second kappa shape index (κ2) is 6.87. The molecule has 1 N–H and O–H groups in total. The fourth-order valence-corrected chi connectivity index (χ4v) is 2.89. The van der Waals surface area contributed by atoms with E-state index in [0.29, 0.717) is 6.04 Å². The average molecular weight is 279 g/mol. The Morgan fingerprint density at radius 3 is 2.37 bits per heavy atom. The number of rotatable bonds is 6. The Morgan fingerprint density at radius 1 is 1.16 bits per heavy atom. The maximum absolute atomic E-state index is 5.37. The number of nitrogens with one attached hydrogen (secondary N) is 1. The van der Waals surface area contributed by atoms with Crippen LogP contribution in [0.5, 0.6) is 11.5 Å². The Bertz CT molecular complexity index is 452. The van der Waals surface area contributed by atoms with Crippen molar-refractivity contribution in [2.75, 3.05) is 20.5 Å². The quantitative estimate of drug-likeness (QED) is 0.640. The molecule has 0 radical (unpaired) electrons. The van der Waals surface area contributed by atoms with E-state index in [1.807, 2.05) is 6.07 Å². The molecule has 1 aliphatic rings. The summed E-state index contributed by atoms with van der Waals surface area (Å²) in [6.45, 7) is 0.864. The van der Waals surface area contributed by atoms with Crippen LogP contribution >= 0.6 is 11.8 Å². The second-order valence-corrected chi connectivity index (χ2v) is 5.39. The molecule has 0 aromatic heterocycles. The zero-order valence-corrected chi connectivity index (χ0v) is 12.5. The first-order valence-electron chi connectivity index (χ1n) is 6.45. The van der Waals surface area contributed by atoms with Gasteiger partial charge in [-0.2, -0.15) is 0 Å². The lowest BCUT2D eigenvalue weighted by atomic mass is 10.1. The minimum atomic E-state index is 0.572. The lowest BCUT2D eigenvalue weighted by molar-refractivity contribution is 0.353. The smallest absolute Gasteiger partial charge is 0.161 e. The molecule has 3 nitrogen and oxygen atoms in total. The minimum Gasteiger partial charge on any atom is -0.493 e. The second-order valence-electron chi connectivity index (χ2n) is 4.54. The fraction of sp³-hybridized carbons (Fsp3) is 0.467. The molecule has 0 aliphatic heterocycles. The highest BCUT2D eigenvalue weighted by atomic mass is 32.2. The first kappa shape index (κ1) is 14.3. The average Bonchev–Trinajstić information content (AvgIpc) is 2.97. The van der Waals surface area contributed by atoms with Crippen LogP contribution in [0.2, 0.25) is 0 Å². The van der Waals surface area contributed by atoms with Crippen LogP contribution in [-0.2, 0) is 6.54 Å². The predicted molar refractivity (Wildman–Crippen MR) is 80.3 cm³/mol. The topological polar surface area (TPSA) is 30.5 Å². The lowest BCUT2D eigenvalue weighted by Gasteiger charge is -2.16. The number of thioether (sulfide) groups is 1. The SMILES string of the molecule is COc1cc(CNC2CC=CC2)c(SC)cc1OC. The summed E-state index contributed by atoms with van der Waals surface area (Å²) in [5.74, 6) is 1.58. The summed E-state index contributed by atoms with van der Waals surface area (Å²) >= 11 is 1.74. The van der Waals surface area contributed by atoms with E-state index < -0.39 is 0 Å². The first-order chi connectivity index (χ1) is 9.28. The number of hydrogen-bond donors (Lipinski definition) is 1. The Hall–Kier alpha value is -1.13. The molecule has 1 aromatic rings. The third kappa shape index (κ3) is 3.45. The summed E-state index contributed by atoms with van der Waals surface area (Å²) < 4.78 is 10.7. The molecule has 0 unspecified atom stereocenters. The highest BCUT2D eigenvalue weighted by molar-refractivity contribution is 7.98. The molecule has 104 valence electrons. The van der Waals surface area contributed by atoms with Gasteiger partial charge in [0, 0.05) is 17.5 Å². The maximum atomic E-state index is 5.37. The van der Waals surface area contributed by atoms with Gasteiger partial charge in [-0.15, -0.1) is 11.8 Å². The monoisotopic (exact) mass is 279 g/mol. The van der Waals surface area contributed by atoms with Crippen molar-refractivity contribution < 1.29 is 9.47 Å². The molecule has 19 heavy (non-hydrogen) atoms. The molecule has 0 saturated heterocycles. The van der Waals surface area contributed by atoms with Crippen molar-refractivity contribution in [1.29, 1.82) is 0 Å². The molecule has 2 rings (SSSR count). The molecule has 1 aliphatic carbocycles. The predicted octanol–water partition coefficient (Wildman–Crippen LogP) is 3.23. The summed E-state index contributed by atoms with van der Waals surface area (Å²) in [5.41, 5.74) is 1.26. The van der Waals surface area contributed by atoms with Gasteiger partial charge in [0.05, 0.1) is 14.2 Å². The van der Waals surface area contributed by atoms with Crippen molar-refractivity contribution in [2.24, 2.45) is 0 Å². The van der Waals surface area contributed by atoms with Crippen molar-refractivity contribution in [3.05, 3.63) is 29.8 Å². The summed E-state index contributed by atoms with van der Waals surface area (Å²) in [6.07, 6.45) is 8.81. The molecular formula is C15H21NO2S. The van der Waals surface area contributed by atoms with Crippen molar-refractivity contribution >= 4 is 11.8 Å². The number of methoxy groups -OCH3 is 2. The van der Waals surface area contributed by atoms with Crippen LogP contribution in [0.15, 0.2) is 29.2 Å². The molecule has 0 fully saturated rings. The fourth-order valence-electron chi connectivity index (χ4n) is 2.27. The third-order valence-electron chi connectivity index (χ3n) is 3.38. The van der Waals surface area contributed by atoms with Gasteiger partial charge in [0.25, 0.3) is 0 Å². The van der Waals surface area contributed by atoms with Gasteiger partial charge in [0.15, 0.2) is 11.5 Å². The number of hydrogen-bond acceptors (Lipinski definition) is 4. The number of ether oxygens (including phenoxy) is 2. The zero-order valence-electron chi connectivity index (χ0n) is 11.7. The molecule has 0 amide bonds. The van der Waals surface area contributed by atoms with E-state index in [0.717, 1.165) is 30.9 Å². The van der Waals surface area contributed by atoms with E-state index in [4.69, 9.17) is 9.47 Å². The first-order valence-corrected chi connectivity index (χ1v) is 7.68. The van der Waals surface area contributed by atoms with Gasteiger partial charge < -0.3 is 14.8 Å². The molecule has 0 bridgehead atoms. The van der Waals surface area contributed by atoms with Gasteiger partial charge in [-0.25, -0.2) is 0 Å². The normalized spacial score (nSPS) is 14.9. The molecule has 4 heteroatoms. The van der Waals surface area contributed by atoms with Gasteiger partial charge >= 0.3 is 0 Å². The van der Waals surface area contributed by atoms with Crippen molar-refractivity contribution in [3.63, 3.8) is 0 Å². The molecule has 0 atom stereocenters. The highest BCUT2D eigenvalue weighted by Gasteiger charge is 2.13. The summed E-state index contributed by atoms with van der Waals surface area (Å²) in [7, 11) is 3.35. The van der Waals surface area contributed by atoms with Crippen LogP contribution in [-0.4, -0.2) is 26.5 Å². The van der Waals surface area contributed by atoms with E-state index in [1.165, 1.54) is 10.5 Å². The van der Waals surface area contributed by atoms with Crippen LogP contribution in [0.25, 0.3) is 0 Å². The summed E-state index contributed by atoms with van der Waals surface area (Å²) in [6, 6.07) is 4.69. The minimum absolute atomic E-state index is 0.572. The van der Waals surface area contributed by atoms with E-state index >= 15 is 0 Å². The molecule has 1 aromatic carbocycles. The molecule has 0 heterocycles. The van der Waals surface area contributed by atoms with Crippen LogP contribution < -0.4 is 14.8 Å². The summed E-state index contributed by atoms with van der Waals surface area (Å²) in [4.78, 5) is 1.23. The van der Waals surface area contributed by atoms with Gasteiger partial charge in [-0.1, -0.05) is 12.2 Å². The van der Waals surface area contributed by atoms with E-state index in [2.05, 4.69) is 29.8 Å². The van der Waals surface area contributed by atoms with E-state index in [-0.39, 0.29) is 0 Å². The molecular weight excluding hydrogens is 258 g/mol. The Labute approximate surface area is 119 Å². The zero-order chi connectivity index (χ0) is 13.7. The van der Waals surface area contributed by atoms with Crippen molar-refractivity contribution in [1.82, 2.24) is 5.32 Å². The van der Waals surface area contributed by atoms with Crippen LogP contribution in [0.4, 0.5) is 0 Å². The highest BCUT2D eigenvalue weighted by Crippen LogP contribution is 2.34. The Morgan fingerprint density at radius 2 is 1.79 bits per heavy atom. The Balaban J connectivity index is 2.12. The van der Waals surface area contributed by atoms with Crippen molar-refractivity contribution in [2.45, 2.75) is 30.3 Å². The van der Waals surface area contributed by atoms with E-state index in [1.54, 1.807) is 26.0 Å².